The Balaban J connectivity index is 1.38. The summed E-state index contributed by atoms with van der Waals surface area (Å²) in [5, 5.41) is 40.3. The molecule has 0 unspecified atom stereocenters. The van der Waals surface area contributed by atoms with Crippen LogP contribution in [0.1, 0.15) is 89.2 Å². The third kappa shape index (κ3) is 7.37. The van der Waals surface area contributed by atoms with E-state index in [2.05, 4.69) is 5.32 Å². The number of fused-ring (bicyclic) bond motifs is 5. The van der Waals surface area contributed by atoms with Crippen molar-refractivity contribution in [3.8, 4) is 0 Å². The summed E-state index contributed by atoms with van der Waals surface area (Å²) in [6, 6.07) is 15.1. The highest BCUT2D eigenvalue weighted by Crippen LogP contribution is 2.64. The molecule has 7 rings (SSSR count). The van der Waals surface area contributed by atoms with Crippen molar-refractivity contribution in [3.05, 3.63) is 107 Å². The molecule has 2 aromatic rings. The normalized spacial score (nSPS) is 33.0. The molecule has 11 atom stereocenters. The summed E-state index contributed by atoms with van der Waals surface area (Å²) in [6.07, 6.45) is -4.47. The van der Waals surface area contributed by atoms with Crippen LogP contribution in [0.5, 0.6) is 0 Å². The highest BCUT2D eigenvalue weighted by molar-refractivity contribution is 5.96. The number of hydrogen-bond acceptors (Lipinski definition) is 14. The zero-order valence-electron chi connectivity index (χ0n) is 35.5. The topological polar surface area (TPSA) is 221 Å². The van der Waals surface area contributed by atoms with Gasteiger partial charge in [-0.3, -0.25) is 19.2 Å². The number of carbonyl (C=O) groups excluding carboxylic acids is 6. The van der Waals surface area contributed by atoms with E-state index in [1.165, 1.54) is 13.8 Å². The van der Waals surface area contributed by atoms with Crippen LogP contribution in [0.15, 0.2) is 95.6 Å². The van der Waals surface area contributed by atoms with Gasteiger partial charge in [0, 0.05) is 43.2 Å². The van der Waals surface area contributed by atoms with Crippen LogP contribution in [-0.4, -0.2) is 105 Å². The van der Waals surface area contributed by atoms with E-state index in [9.17, 15) is 39.3 Å². The molecule has 1 amide bonds. The summed E-state index contributed by atoms with van der Waals surface area (Å²) in [5.74, 6) is -6.68. The number of rotatable bonds is 10. The van der Waals surface area contributed by atoms with Crippen LogP contribution in [-0.2, 0) is 47.7 Å². The zero-order chi connectivity index (χ0) is 44.9. The smallest absolute Gasteiger partial charge is 0.338 e. The van der Waals surface area contributed by atoms with Crippen molar-refractivity contribution in [3.63, 3.8) is 0 Å². The predicted molar refractivity (Wildman–Crippen MR) is 218 cm³/mol. The monoisotopic (exact) mass is 855 g/mol. The van der Waals surface area contributed by atoms with Crippen LogP contribution in [0.4, 0.5) is 0 Å². The fourth-order valence-corrected chi connectivity index (χ4v) is 10.4. The van der Waals surface area contributed by atoms with Gasteiger partial charge < -0.3 is 44.3 Å². The Morgan fingerprint density at radius 2 is 1.58 bits per heavy atom. The summed E-state index contributed by atoms with van der Waals surface area (Å²) in [6.45, 7) is 8.06. The first-order chi connectivity index (χ1) is 29.3. The summed E-state index contributed by atoms with van der Waals surface area (Å²) in [7, 11) is 0. The van der Waals surface area contributed by atoms with Gasteiger partial charge in [0.25, 0.3) is 5.91 Å². The van der Waals surface area contributed by atoms with Crippen molar-refractivity contribution < 1.29 is 67.8 Å². The Hall–Kier alpha value is -5.48. The molecular formula is C47H53NO14. The average molecular weight is 856 g/mol. The number of aliphatic hydroxyl groups excluding tert-OH is 2. The van der Waals surface area contributed by atoms with Gasteiger partial charge in [0.2, 0.25) is 0 Å². The summed E-state index contributed by atoms with van der Waals surface area (Å²) in [4.78, 5) is 83.5. The maximum absolute atomic E-state index is 15.5. The molecule has 0 spiro atoms. The van der Waals surface area contributed by atoms with Gasteiger partial charge in [-0.1, -0.05) is 80.6 Å². The number of allylic oxidation sites excluding steroid dienone is 3. The molecule has 5 aliphatic rings. The molecule has 1 saturated heterocycles. The van der Waals surface area contributed by atoms with Crippen LogP contribution in [0.25, 0.3) is 0 Å². The molecule has 62 heavy (non-hydrogen) atoms. The number of benzene rings is 2. The second kappa shape index (κ2) is 16.7. The molecule has 2 saturated carbocycles. The number of ether oxygens (including phenoxy) is 5. The Morgan fingerprint density at radius 1 is 0.919 bits per heavy atom. The zero-order valence-corrected chi connectivity index (χ0v) is 35.5. The van der Waals surface area contributed by atoms with Crippen molar-refractivity contribution in [1.82, 2.24) is 5.32 Å². The van der Waals surface area contributed by atoms with Crippen molar-refractivity contribution in [1.29, 1.82) is 0 Å². The Labute approximate surface area is 359 Å². The lowest BCUT2D eigenvalue weighted by molar-refractivity contribution is -0.347. The van der Waals surface area contributed by atoms with Crippen LogP contribution < -0.4 is 5.32 Å². The van der Waals surface area contributed by atoms with Crippen molar-refractivity contribution >= 4 is 35.6 Å². The first-order valence-electron chi connectivity index (χ1n) is 20.8. The minimum Gasteiger partial charge on any atom is -0.456 e. The van der Waals surface area contributed by atoms with Gasteiger partial charge in [-0.05, 0) is 55.5 Å². The first-order valence-corrected chi connectivity index (χ1v) is 20.8. The number of Topliss-reactive ketones (excluding diaryl/α,β-unsaturated/α-hetero) is 1. The minimum absolute atomic E-state index is 0.0111. The third-order valence-corrected chi connectivity index (χ3v) is 13.7. The fourth-order valence-electron chi connectivity index (χ4n) is 10.4. The van der Waals surface area contributed by atoms with E-state index in [1.807, 2.05) is 6.08 Å². The molecule has 15 heteroatoms. The van der Waals surface area contributed by atoms with E-state index >= 15 is 4.79 Å². The van der Waals surface area contributed by atoms with Gasteiger partial charge in [-0.2, -0.15) is 0 Å². The van der Waals surface area contributed by atoms with Crippen molar-refractivity contribution in [2.24, 2.45) is 16.7 Å². The van der Waals surface area contributed by atoms with E-state index in [0.717, 1.165) is 13.8 Å². The molecule has 4 N–H and O–H groups in total. The largest absolute Gasteiger partial charge is 0.456 e. The number of esters is 4. The number of ketones is 1. The van der Waals surface area contributed by atoms with Crippen molar-refractivity contribution in [2.45, 2.75) is 121 Å². The number of nitrogens with one attached hydrogen (secondary N) is 1. The molecule has 15 nitrogen and oxygen atoms in total. The summed E-state index contributed by atoms with van der Waals surface area (Å²) >= 11 is 0. The molecule has 330 valence electrons. The van der Waals surface area contributed by atoms with E-state index in [-0.39, 0.29) is 41.7 Å². The molecule has 0 radical (unpaired) electrons. The van der Waals surface area contributed by atoms with E-state index in [4.69, 9.17) is 23.7 Å². The number of carbonyl (C=O) groups is 6. The van der Waals surface area contributed by atoms with E-state index in [1.54, 1.807) is 86.7 Å². The maximum Gasteiger partial charge on any atom is 0.338 e. The Bertz CT molecular complexity index is 2230. The third-order valence-electron chi connectivity index (χ3n) is 13.7. The predicted octanol–water partition coefficient (Wildman–Crippen LogP) is 3.70. The van der Waals surface area contributed by atoms with Gasteiger partial charge in [0.15, 0.2) is 23.6 Å². The molecule has 2 bridgehead atoms. The molecule has 2 aromatic carbocycles. The molecule has 1 heterocycles. The lowest BCUT2D eigenvalue weighted by Crippen LogP contribution is -2.82. The maximum atomic E-state index is 15.5. The summed E-state index contributed by atoms with van der Waals surface area (Å²) < 4.78 is 30.4. The molecule has 0 aromatic heterocycles. The molecule has 4 aliphatic carbocycles. The first kappa shape index (κ1) is 44.6. The number of hydrogen-bond donors (Lipinski definition) is 4. The van der Waals surface area contributed by atoms with E-state index < -0.39 is 113 Å². The van der Waals surface area contributed by atoms with Gasteiger partial charge in [-0.15, -0.1) is 0 Å². The van der Waals surface area contributed by atoms with Gasteiger partial charge >= 0.3 is 23.9 Å². The van der Waals surface area contributed by atoms with E-state index in [0.29, 0.717) is 12.0 Å². The second-order valence-electron chi connectivity index (χ2n) is 17.6. The van der Waals surface area contributed by atoms with Gasteiger partial charge in [0.05, 0.1) is 30.1 Å². The fraction of sp³-hybridized carbons (Fsp3) is 0.489. The highest BCUT2D eigenvalue weighted by Gasteiger charge is 2.78. The van der Waals surface area contributed by atoms with Crippen LogP contribution in [0.2, 0.25) is 0 Å². The number of aliphatic hydroxyl groups is 3. The Morgan fingerprint density at radius 3 is 2.16 bits per heavy atom. The molecule has 3 fully saturated rings. The van der Waals surface area contributed by atoms with Gasteiger partial charge in [0.1, 0.15) is 23.9 Å². The van der Waals surface area contributed by atoms with Crippen LogP contribution >= 0.6 is 0 Å². The lowest BCUT2D eigenvalue weighted by Gasteiger charge is -2.67. The summed E-state index contributed by atoms with van der Waals surface area (Å²) in [5.41, 5.74) is -6.73. The SMILES string of the molecule is CC(=O)O[C@H]1C(=O)[C@@]2(C)[C@H]([C@H](OC(=O)C3=CC=CCC3)[C@]3(O)C[C@H](OC(=O)[C@H](O)[C@@H](NC(=O)c4ccccc4)c4ccccc4)C(C)=C1C3(C)C)[C@]1(OC(C)=O)CO[C@@H]1C[C@@H]2O. The minimum atomic E-state index is -2.37. The molecular weight excluding hydrogens is 803 g/mol. The van der Waals surface area contributed by atoms with Crippen LogP contribution in [0.3, 0.4) is 0 Å². The standard InChI is InChI=1S/C47H53NO14/c1-25-31(60-43(56)36(52)35(28-16-10-7-11-17-28)48-41(54)29-18-12-8-13-19-29)23-47(57)40(61-42(55)30-20-14-9-15-21-30)38-45(6,32(51)22-33-46(38,24-58-33)62-27(3)50)39(53)37(59-26(2)49)34(25)44(47,4)5/h7-14,16-20,31-33,35-38,40,51-52,57H,15,21-24H2,1-6H3,(H,48,54)/t31-,32-,33+,35-,36+,37+,38-,40-,45+,46-,47+/m0/s1. The van der Waals surface area contributed by atoms with Crippen LogP contribution in [0, 0.1) is 16.7 Å². The highest BCUT2D eigenvalue weighted by atomic mass is 16.6. The lowest BCUT2D eigenvalue weighted by atomic mass is 9.44. The van der Waals surface area contributed by atoms with Crippen molar-refractivity contribution in [2.75, 3.05) is 6.61 Å². The molecule has 1 aliphatic heterocycles. The Kier molecular flexibility index (Phi) is 12.0. The quantitative estimate of drug-likeness (QED) is 0.152. The second-order valence-corrected chi connectivity index (χ2v) is 17.6. The number of amides is 1. The van der Waals surface area contributed by atoms with Gasteiger partial charge in [-0.25, -0.2) is 9.59 Å². The average Bonchev–Trinajstić information content (AvgIpc) is 3.24.